The number of halogens is 1. The van der Waals surface area contributed by atoms with Crippen LogP contribution >= 0.6 is 0 Å². The average Bonchev–Trinajstić information content (AvgIpc) is 2.04. The van der Waals surface area contributed by atoms with E-state index in [2.05, 4.69) is 16.9 Å². The second-order valence-electron chi connectivity index (χ2n) is 2.54. The van der Waals surface area contributed by atoms with Gasteiger partial charge >= 0.3 is 0 Å². The molecule has 1 heterocycles. The number of rotatable bonds is 3. The van der Waals surface area contributed by atoms with Crippen molar-refractivity contribution < 1.29 is 4.39 Å². The number of aromatic nitrogens is 1. The maximum atomic E-state index is 12.5. The summed E-state index contributed by atoms with van der Waals surface area (Å²) >= 11 is 0. The Balaban J connectivity index is 2.69. The number of hydrogen-bond acceptors (Lipinski definition) is 2. The second-order valence-corrected chi connectivity index (χ2v) is 2.54. The molecule has 64 valence electrons. The van der Waals surface area contributed by atoms with E-state index in [1.165, 1.54) is 12.3 Å². The molecule has 1 N–H and O–H groups in total. The van der Waals surface area contributed by atoms with Crippen LogP contribution in [0.5, 0.6) is 0 Å². The Labute approximate surface area is 71.1 Å². The first kappa shape index (κ1) is 8.71. The lowest BCUT2D eigenvalue weighted by Gasteiger charge is -2.09. The summed E-state index contributed by atoms with van der Waals surface area (Å²) < 4.78 is 12.5. The lowest BCUT2D eigenvalue weighted by molar-refractivity contribution is 0.584. The largest absolute Gasteiger partial charge is 0.379 e. The molecular formula is C9H11FN2. The number of hydrogen-bond donors (Lipinski definition) is 1. The van der Waals surface area contributed by atoms with E-state index in [1.807, 2.05) is 6.92 Å². The van der Waals surface area contributed by atoms with Gasteiger partial charge in [-0.2, -0.15) is 4.39 Å². The first-order chi connectivity index (χ1) is 5.72. The van der Waals surface area contributed by atoms with Crippen molar-refractivity contribution in [2.24, 2.45) is 0 Å². The summed E-state index contributed by atoms with van der Waals surface area (Å²) in [4.78, 5) is 3.44. The Morgan fingerprint density at radius 2 is 2.50 bits per heavy atom. The normalized spacial score (nSPS) is 12.2. The molecule has 0 saturated carbocycles. The summed E-state index contributed by atoms with van der Waals surface area (Å²) in [6.07, 6.45) is 3.17. The topological polar surface area (TPSA) is 24.9 Å². The highest BCUT2D eigenvalue weighted by atomic mass is 19.1. The molecule has 0 aromatic carbocycles. The molecule has 2 nitrogen and oxygen atoms in total. The van der Waals surface area contributed by atoms with Crippen molar-refractivity contribution in [1.29, 1.82) is 0 Å². The highest BCUT2D eigenvalue weighted by Crippen LogP contribution is 2.08. The molecule has 0 fully saturated rings. The molecule has 0 aliphatic rings. The smallest absolute Gasteiger partial charge is 0.214 e. The van der Waals surface area contributed by atoms with Crippen molar-refractivity contribution >= 4 is 5.69 Å². The molecule has 1 aromatic rings. The van der Waals surface area contributed by atoms with Gasteiger partial charge in [-0.3, -0.25) is 0 Å². The molecule has 1 aromatic heterocycles. The lowest BCUT2D eigenvalue weighted by Crippen LogP contribution is -2.11. The molecule has 1 unspecified atom stereocenters. The third-order valence-corrected chi connectivity index (χ3v) is 1.47. The standard InChI is InChI=1S/C9H11FN2/c1-3-7(2)12-8-4-5-11-9(10)6-8/h3-7H,1H2,2H3,(H,11,12). The van der Waals surface area contributed by atoms with Crippen LogP contribution in [0.3, 0.4) is 0 Å². The van der Waals surface area contributed by atoms with E-state index in [-0.39, 0.29) is 6.04 Å². The van der Waals surface area contributed by atoms with E-state index in [0.29, 0.717) is 0 Å². The highest BCUT2D eigenvalue weighted by molar-refractivity contribution is 5.42. The van der Waals surface area contributed by atoms with Crippen LogP contribution in [0.2, 0.25) is 0 Å². The molecule has 0 saturated heterocycles. The number of nitrogens with zero attached hydrogens (tertiary/aromatic N) is 1. The minimum Gasteiger partial charge on any atom is -0.379 e. The molecule has 0 amide bonds. The molecule has 3 heteroatoms. The summed E-state index contributed by atoms with van der Waals surface area (Å²) in [6.45, 7) is 5.54. The maximum absolute atomic E-state index is 12.5. The van der Waals surface area contributed by atoms with Gasteiger partial charge < -0.3 is 5.32 Å². The fourth-order valence-corrected chi connectivity index (χ4v) is 0.814. The van der Waals surface area contributed by atoms with Crippen LogP contribution in [0.25, 0.3) is 0 Å². The Morgan fingerprint density at radius 3 is 3.08 bits per heavy atom. The van der Waals surface area contributed by atoms with Crippen LogP contribution in [-0.2, 0) is 0 Å². The number of nitrogens with one attached hydrogen (secondary N) is 1. The van der Waals surface area contributed by atoms with Gasteiger partial charge in [0.05, 0.1) is 0 Å². The molecule has 0 radical (unpaired) electrons. The van der Waals surface area contributed by atoms with Gasteiger partial charge in [0, 0.05) is 24.0 Å². The van der Waals surface area contributed by atoms with Crippen molar-refractivity contribution in [3.05, 3.63) is 36.9 Å². The van der Waals surface area contributed by atoms with E-state index in [9.17, 15) is 4.39 Å². The Hall–Kier alpha value is -1.38. The molecule has 1 rings (SSSR count). The van der Waals surface area contributed by atoms with Crippen LogP contribution in [0.4, 0.5) is 10.1 Å². The fraction of sp³-hybridized carbons (Fsp3) is 0.222. The predicted molar refractivity (Wildman–Crippen MR) is 47.5 cm³/mol. The summed E-state index contributed by atoms with van der Waals surface area (Å²) in [5.74, 6) is -0.476. The predicted octanol–water partition coefficient (Wildman–Crippen LogP) is 2.21. The quantitative estimate of drug-likeness (QED) is 0.550. The minimum atomic E-state index is -0.476. The van der Waals surface area contributed by atoms with Crippen molar-refractivity contribution in [3.8, 4) is 0 Å². The van der Waals surface area contributed by atoms with Gasteiger partial charge in [-0.05, 0) is 13.0 Å². The van der Waals surface area contributed by atoms with Gasteiger partial charge in [-0.1, -0.05) is 6.08 Å². The van der Waals surface area contributed by atoms with Crippen LogP contribution < -0.4 is 5.32 Å². The van der Waals surface area contributed by atoms with Crippen LogP contribution in [0.1, 0.15) is 6.92 Å². The summed E-state index contributed by atoms with van der Waals surface area (Å²) in [6, 6.07) is 3.19. The first-order valence-corrected chi connectivity index (χ1v) is 3.73. The molecule has 0 spiro atoms. The zero-order valence-electron chi connectivity index (χ0n) is 6.92. The van der Waals surface area contributed by atoms with Crippen molar-refractivity contribution in [3.63, 3.8) is 0 Å². The molecule has 0 aliphatic carbocycles. The van der Waals surface area contributed by atoms with Gasteiger partial charge in [0.1, 0.15) is 0 Å². The van der Waals surface area contributed by atoms with E-state index in [1.54, 1.807) is 12.1 Å². The van der Waals surface area contributed by atoms with E-state index in [0.717, 1.165) is 5.69 Å². The van der Waals surface area contributed by atoms with Crippen molar-refractivity contribution in [1.82, 2.24) is 4.98 Å². The Morgan fingerprint density at radius 1 is 1.75 bits per heavy atom. The van der Waals surface area contributed by atoms with E-state index < -0.39 is 5.95 Å². The van der Waals surface area contributed by atoms with Crippen LogP contribution in [0.15, 0.2) is 31.0 Å². The monoisotopic (exact) mass is 166 g/mol. The number of pyridine rings is 1. The van der Waals surface area contributed by atoms with E-state index in [4.69, 9.17) is 0 Å². The summed E-state index contributed by atoms with van der Waals surface area (Å²) in [5.41, 5.74) is 0.718. The lowest BCUT2D eigenvalue weighted by atomic mass is 10.3. The minimum absolute atomic E-state index is 0.131. The third kappa shape index (κ3) is 2.34. The SMILES string of the molecule is C=CC(C)Nc1ccnc(F)c1. The molecule has 0 bridgehead atoms. The molecule has 1 atom stereocenters. The summed E-state index contributed by atoms with van der Waals surface area (Å²) in [5, 5.41) is 3.03. The van der Waals surface area contributed by atoms with Gasteiger partial charge in [-0.15, -0.1) is 6.58 Å². The average molecular weight is 166 g/mol. The fourth-order valence-electron chi connectivity index (χ4n) is 0.814. The molecule has 12 heavy (non-hydrogen) atoms. The highest BCUT2D eigenvalue weighted by Gasteiger charge is 1.97. The van der Waals surface area contributed by atoms with E-state index >= 15 is 0 Å². The Kier molecular flexibility index (Phi) is 2.80. The zero-order chi connectivity index (χ0) is 8.97. The van der Waals surface area contributed by atoms with Crippen LogP contribution in [-0.4, -0.2) is 11.0 Å². The first-order valence-electron chi connectivity index (χ1n) is 3.73. The van der Waals surface area contributed by atoms with Gasteiger partial charge in [0.25, 0.3) is 0 Å². The van der Waals surface area contributed by atoms with Crippen molar-refractivity contribution in [2.45, 2.75) is 13.0 Å². The molecular weight excluding hydrogens is 155 g/mol. The van der Waals surface area contributed by atoms with Gasteiger partial charge in [0.15, 0.2) is 0 Å². The second kappa shape index (κ2) is 3.85. The summed E-state index contributed by atoms with van der Waals surface area (Å²) in [7, 11) is 0. The zero-order valence-corrected chi connectivity index (χ0v) is 6.92. The maximum Gasteiger partial charge on any atom is 0.214 e. The molecule has 0 aliphatic heterocycles. The number of anilines is 1. The third-order valence-electron chi connectivity index (χ3n) is 1.47. The van der Waals surface area contributed by atoms with Gasteiger partial charge in [0.2, 0.25) is 5.95 Å². The van der Waals surface area contributed by atoms with Crippen molar-refractivity contribution in [2.75, 3.05) is 5.32 Å². The Bertz CT molecular complexity index is 273. The van der Waals surface area contributed by atoms with Gasteiger partial charge in [-0.25, -0.2) is 4.98 Å². The van der Waals surface area contributed by atoms with Crippen LogP contribution in [0, 0.1) is 5.95 Å².